The molecule has 20 heavy (non-hydrogen) atoms. The average Bonchev–Trinajstić information content (AvgIpc) is 3.28. The van der Waals surface area contributed by atoms with Crippen LogP contribution < -0.4 is 10.0 Å². The van der Waals surface area contributed by atoms with Crippen molar-refractivity contribution in [1.82, 2.24) is 4.72 Å². The first kappa shape index (κ1) is 13.9. The zero-order valence-corrected chi connectivity index (χ0v) is 12.8. The summed E-state index contributed by atoms with van der Waals surface area (Å²) >= 11 is 0. The lowest BCUT2D eigenvalue weighted by atomic mass is 10.1. The van der Waals surface area contributed by atoms with Crippen LogP contribution in [-0.2, 0) is 10.0 Å². The lowest BCUT2D eigenvalue weighted by Crippen LogP contribution is -2.25. The van der Waals surface area contributed by atoms with Crippen molar-refractivity contribution in [1.29, 1.82) is 0 Å². The molecule has 1 aromatic carbocycles. The molecule has 4 nitrogen and oxygen atoms in total. The lowest BCUT2D eigenvalue weighted by Gasteiger charge is -2.21. The smallest absolute Gasteiger partial charge is 0.240 e. The minimum atomic E-state index is -3.37. The molecule has 0 spiro atoms. The van der Waals surface area contributed by atoms with Crippen molar-refractivity contribution in [2.24, 2.45) is 11.8 Å². The topological polar surface area (TPSA) is 58.2 Å². The molecule has 0 heterocycles. The van der Waals surface area contributed by atoms with Gasteiger partial charge in [-0.2, -0.15) is 0 Å². The monoisotopic (exact) mass is 294 g/mol. The van der Waals surface area contributed by atoms with E-state index in [2.05, 4.69) is 10.0 Å². The highest BCUT2D eigenvalue weighted by Gasteiger charge is 2.41. The van der Waals surface area contributed by atoms with Gasteiger partial charge in [-0.25, -0.2) is 13.1 Å². The molecule has 110 valence electrons. The van der Waals surface area contributed by atoms with Crippen molar-refractivity contribution in [3.63, 3.8) is 0 Å². The second-order valence-electron chi connectivity index (χ2n) is 6.03. The Kier molecular flexibility index (Phi) is 3.50. The fraction of sp³-hybridized carbons (Fsp3) is 0.600. The van der Waals surface area contributed by atoms with E-state index in [-0.39, 0.29) is 0 Å². The second kappa shape index (κ2) is 5.04. The first-order chi connectivity index (χ1) is 9.51. The van der Waals surface area contributed by atoms with E-state index in [9.17, 15) is 8.42 Å². The van der Waals surface area contributed by atoms with Crippen LogP contribution in [0.3, 0.4) is 0 Å². The third-order valence-corrected chi connectivity index (χ3v) is 5.78. The number of hydrogen-bond acceptors (Lipinski definition) is 3. The Hall–Kier alpha value is -1.07. The Labute approximate surface area is 121 Å². The molecule has 2 saturated carbocycles. The number of rotatable bonds is 6. The zero-order chi connectivity index (χ0) is 14.3. The standard InChI is InChI=1S/C15H22N2O2S/c1-10-3-8-13(20(18,19)16-2)9-14(10)17-15(11-4-5-11)12-6-7-12/h3,8-9,11-12,15-17H,4-7H2,1-2H3. The Bertz CT molecular complexity index is 592. The van der Waals surface area contributed by atoms with Crippen LogP contribution >= 0.6 is 0 Å². The third-order valence-electron chi connectivity index (χ3n) is 4.37. The van der Waals surface area contributed by atoms with Gasteiger partial charge in [-0.1, -0.05) is 6.07 Å². The summed E-state index contributed by atoms with van der Waals surface area (Å²) in [4.78, 5) is 0.332. The number of sulfonamides is 1. The number of aryl methyl sites for hydroxylation is 1. The molecule has 0 bridgehead atoms. The van der Waals surface area contributed by atoms with Crippen molar-refractivity contribution in [3.8, 4) is 0 Å². The van der Waals surface area contributed by atoms with Crippen molar-refractivity contribution in [2.75, 3.05) is 12.4 Å². The van der Waals surface area contributed by atoms with Crippen LogP contribution in [-0.4, -0.2) is 21.5 Å². The second-order valence-corrected chi connectivity index (χ2v) is 7.92. The Morgan fingerprint density at radius 1 is 1.15 bits per heavy atom. The molecule has 0 saturated heterocycles. The summed E-state index contributed by atoms with van der Waals surface area (Å²) in [6, 6.07) is 5.83. The fourth-order valence-electron chi connectivity index (χ4n) is 2.75. The first-order valence-electron chi connectivity index (χ1n) is 7.32. The van der Waals surface area contributed by atoms with Crippen molar-refractivity contribution >= 4 is 15.7 Å². The maximum Gasteiger partial charge on any atom is 0.240 e. The Morgan fingerprint density at radius 3 is 2.25 bits per heavy atom. The molecule has 2 aliphatic carbocycles. The average molecular weight is 294 g/mol. The van der Waals surface area contributed by atoms with E-state index < -0.39 is 10.0 Å². The van der Waals surface area contributed by atoms with Crippen molar-refractivity contribution in [2.45, 2.75) is 43.5 Å². The van der Waals surface area contributed by atoms with Gasteiger partial charge < -0.3 is 5.32 Å². The van der Waals surface area contributed by atoms with Crippen LogP contribution in [0.5, 0.6) is 0 Å². The molecule has 0 atom stereocenters. The van der Waals surface area contributed by atoms with Crippen LogP contribution in [0.2, 0.25) is 0 Å². The molecule has 2 aliphatic rings. The highest BCUT2D eigenvalue weighted by atomic mass is 32.2. The Morgan fingerprint density at radius 2 is 1.75 bits per heavy atom. The van der Waals surface area contributed by atoms with Gasteiger partial charge >= 0.3 is 0 Å². The predicted octanol–water partition coefficient (Wildman–Crippen LogP) is 2.50. The minimum absolute atomic E-state index is 0.332. The summed E-state index contributed by atoms with van der Waals surface area (Å²) in [5, 5.41) is 3.62. The van der Waals surface area contributed by atoms with E-state index >= 15 is 0 Å². The van der Waals surface area contributed by atoms with Crippen LogP contribution in [0.25, 0.3) is 0 Å². The van der Waals surface area contributed by atoms with Gasteiger partial charge in [-0.3, -0.25) is 0 Å². The molecule has 2 N–H and O–H groups in total. The third kappa shape index (κ3) is 2.83. The number of nitrogens with one attached hydrogen (secondary N) is 2. The molecule has 2 fully saturated rings. The van der Waals surface area contributed by atoms with E-state index in [0.29, 0.717) is 10.9 Å². The van der Waals surface area contributed by atoms with Crippen LogP contribution in [0.4, 0.5) is 5.69 Å². The highest BCUT2D eigenvalue weighted by Crippen LogP contribution is 2.46. The van der Waals surface area contributed by atoms with E-state index in [1.807, 2.05) is 13.0 Å². The van der Waals surface area contributed by atoms with Crippen molar-refractivity contribution < 1.29 is 8.42 Å². The predicted molar refractivity (Wildman–Crippen MR) is 80.3 cm³/mol. The van der Waals surface area contributed by atoms with E-state index in [4.69, 9.17) is 0 Å². The van der Waals surface area contributed by atoms with Gasteiger partial charge in [0.2, 0.25) is 10.0 Å². The van der Waals surface area contributed by atoms with E-state index in [1.165, 1.54) is 32.7 Å². The molecular formula is C15H22N2O2S. The highest BCUT2D eigenvalue weighted by molar-refractivity contribution is 7.89. The molecule has 0 amide bonds. The SMILES string of the molecule is CNS(=O)(=O)c1ccc(C)c(NC(C2CC2)C2CC2)c1. The van der Waals surface area contributed by atoms with Crippen LogP contribution in [0.15, 0.2) is 23.1 Å². The van der Waals surface area contributed by atoms with Gasteiger partial charge in [0.25, 0.3) is 0 Å². The summed E-state index contributed by atoms with van der Waals surface area (Å²) in [5.74, 6) is 1.57. The quantitative estimate of drug-likeness (QED) is 0.847. The lowest BCUT2D eigenvalue weighted by molar-refractivity contribution is 0.567. The Balaban J connectivity index is 1.86. The summed E-state index contributed by atoms with van der Waals surface area (Å²) in [6.07, 6.45) is 5.23. The fourth-order valence-corrected chi connectivity index (χ4v) is 3.51. The number of hydrogen-bond donors (Lipinski definition) is 2. The van der Waals surface area contributed by atoms with Gasteiger partial charge in [0.15, 0.2) is 0 Å². The summed E-state index contributed by atoms with van der Waals surface area (Å²) < 4.78 is 26.2. The molecule has 0 radical (unpaired) electrons. The molecule has 0 unspecified atom stereocenters. The summed E-state index contributed by atoms with van der Waals surface area (Å²) in [5.41, 5.74) is 2.07. The van der Waals surface area contributed by atoms with E-state index in [1.54, 1.807) is 12.1 Å². The van der Waals surface area contributed by atoms with Crippen LogP contribution in [0, 0.1) is 18.8 Å². The molecule has 0 aliphatic heterocycles. The minimum Gasteiger partial charge on any atom is -0.382 e. The van der Waals surface area contributed by atoms with Gasteiger partial charge in [-0.15, -0.1) is 0 Å². The maximum atomic E-state index is 11.9. The largest absolute Gasteiger partial charge is 0.382 e. The maximum absolute atomic E-state index is 11.9. The number of benzene rings is 1. The van der Waals surface area contributed by atoms with Gasteiger partial charge in [0.05, 0.1) is 4.90 Å². The van der Waals surface area contributed by atoms with Gasteiger partial charge in [0.1, 0.15) is 0 Å². The van der Waals surface area contributed by atoms with E-state index in [0.717, 1.165) is 23.1 Å². The molecule has 3 rings (SSSR count). The van der Waals surface area contributed by atoms with Crippen molar-refractivity contribution in [3.05, 3.63) is 23.8 Å². The molecular weight excluding hydrogens is 272 g/mol. The van der Waals surface area contributed by atoms with Gasteiger partial charge in [-0.05, 0) is 69.2 Å². The van der Waals surface area contributed by atoms with Crippen LogP contribution in [0.1, 0.15) is 31.2 Å². The normalized spacial score (nSPS) is 19.4. The summed E-state index contributed by atoms with van der Waals surface area (Å²) in [6.45, 7) is 2.02. The molecule has 5 heteroatoms. The summed E-state index contributed by atoms with van der Waals surface area (Å²) in [7, 11) is -1.93. The van der Waals surface area contributed by atoms with Gasteiger partial charge in [0, 0.05) is 11.7 Å². The molecule has 1 aromatic rings. The first-order valence-corrected chi connectivity index (χ1v) is 8.80. The zero-order valence-electron chi connectivity index (χ0n) is 12.0. The molecule has 0 aromatic heterocycles. The number of anilines is 1.